The predicted molar refractivity (Wildman–Crippen MR) is 115 cm³/mol. The lowest BCUT2D eigenvalue weighted by atomic mass is 10.1. The van der Waals surface area contributed by atoms with Gasteiger partial charge in [-0.3, -0.25) is 9.59 Å². The maximum Gasteiger partial charge on any atom is 0.257 e. The summed E-state index contributed by atoms with van der Waals surface area (Å²) in [5.41, 5.74) is 1.08. The SMILES string of the molecule is O=C(Nc1ccc(I)cc1C(=O)NC[C@@H]1CCCO1)c1ccc(Cl)cc1Cl. The Morgan fingerprint density at radius 1 is 1.11 bits per heavy atom. The van der Waals surface area contributed by atoms with E-state index in [1.165, 1.54) is 6.07 Å². The van der Waals surface area contributed by atoms with Crippen LogP contribution in [0.5, 0.6) is 0 Å². The predicted octanol–water partition coefficient (Wildman–Crippen LogP) is 4.76. The Labute approximate surface area is 180 Å². The molecule has 2 aromatic carbocycles. The van der Waals surface area contributed by atoms with Crippen LogP contribution in [0.25, 0.3) is 0 Å². The molecule has 0 saturated carbocycles. The first-order valence-electron chi connectivity index (χ1n) is 8.40. The number of nitrogens with one attached hydrogen (secondary N) is 2. The van der Waals surface area contributed by atoms with E-state index in [0.29, 0.717) is 22.8 Å². The van der Waals surface area contributed by atoms with Crippen LogP contribution in [-0.4, -0.2) is 31.1 Å². The minimum absolute atomic E-state index is 0.0441. The van der Waals surface area contributed by atoms with Crippen LogP contribution in [0.1, 0.15) is 33.6 Å². The molecule has 1 aliphatic heterocycles. The first-order valence-corrected chi connectivity index (χ1v) is 10.2. The molecule has 0 bridgehead atoms. The second-order valence-electron chi connectivity index (χ2n) is 6.11. The molecule has 1 heterocycles. The Hall–Kier alpha value is -1.35. The Morgan fingerprint density at radius 3 is 2.63 bits per heavy atom. The monoisotopic (exact) mass is 518 g/mol. The molecule has 2 N–H and O–H groups in total. The van der Waals surface area contributed by atoms with E-state index in [4.69, 9.17) is 27.9 Å². The fourth-order valence-corrected chi connectivity index (χ4v) is 3.77. The van der Waals surface area contributed by atoms with Crippen molar-refractivity contribution in [3.63, 3.8) is 0 Å². The van der Waals surface area contributed by atoms with Gasteiger partial charge in [0.1, 0.15) is 0 Å². The third-order valence-electron chi connectivity index (χ3n) is 4.16. The molecule has 2 aromatic rings. The number of amides is 2. The van der Waals surface area contributed by atoms with Gasteiger partial charge in [-0.2, -0.15) is 0 Å². The molecule has 27 heavy (non-hydrogen) atoms. The summed E-state index contributed by atoms with van der Waals surface area (Å²) in [5, 5.41) is 6.33. The van der Waals surface area contributed by atoms with Crippen LogP contribution in [-0.2, 0) is 4.74 Å². The van der Waals surface area contributed by atoms with Crippen molar-refractivity contribution in [1.82, 2.24) is 5.32 Å². The van der Waals surface area contributed by atoms with Gasteiger partial charge in [0.15, 0.2) is 0 Å². The molecular weight excluding hydrogens is 502 g/mol. The highest BCUT2D eigenvalue weighted by Crippen LogP contribution is 2.24. The summed E-state index contributed by atoms with van der Waals surface area (Å²) in [4.78, 5) is 25.2. The van der Waals surface area contributed by atoms with E-state index in [2.05, 4.69) is 33.2 Å². The first kappa shape index (κ1) is 20.4. The molecule has 0 aliphatic carbocycles. The molecule has 2 amide bonds. The minimum Gasteiger partial charge on any atom is -0.376 e. The molecule has 1 fully saturated rings. The average molecular weight is 519 g/mol. The van der Waals surface area contributed by atoms with Crippen LogP contribution in [0.2, 0.25) is 10.0 Å². The Morgan fingerprint density at radius 2 is 1.93 bits per heavy atom. The number of anilines is 1. The topological polar surface area (TPSA) is 67.4 Å². The molecule has 5 nitrogen and oxygen atoms in total. The number of ether oxygens (including phenoxy) is 1. The maximum absolute atomic E-state index is 12.6. The molecule has 8 heteroatoms. The molecule has 0 unspecified atom stereocenters. The molecule has 1 saturated heterocycles. The van der Waals surface area contributed by atoms with E-state index in [0.717, 1.165) is 23.0 Å². The number of benzene rings is 2. The highest BCUT2D eigenvalue weighted by atomic mass is 127. The number of rotatable bonds is 5. The van der Waals surface area contributed by atoms with E-state index in [9.17, 15) is 9.59 Å². The molecular formula is C19H17Cl2IN2O3. The molecule has 1 atom stereocenters. The van der Waals surface area contributed by atoms with Crippen LogP contribution in [0.4, 0.5) is 5.69 Å². The summed E-state index contributed by atoms with van der Waals surface area (Å²) < 4.78 is 6.41. The van der Waals surface area contributed by atoms with Gasteiger partial charge in [-0.1, -0.05) is 23.2 Å². The molecule has 0 radical (unpaired) electrons. The standard InChI is InChI=1S/C19H17Cl2IN2O3/c20-11-3-5-14(16(21)8-11)19(26)24-17-6-4-12(22)9-15(17)18(25)23-10-13-2-1-7-27-13/h3-6,8-9,13H,1-2,7,10H2,(H,23,25)(H,24,26)/t13-/m0/s1. The zero-order valence-electron chi connectivity index (χ0n) is 14.2. The van der Waals surface area contributed by atoms with Crippen molar-refractivity contribution >= 4 is 63.3 Å². The quantitative estimate of drug-likeness (QED) is 0.561. The first-order chi connectivity index (χ1) is 12.9. The summed E-state index contributed by atoms with van der Waals surface area (Å²) in [6.45, 7) is 1.17. The summed E-state index contributed by atoms with van der Waals surface area (Å²) in [5.74, 6) is -0.674. The van der Waals surface area contributed by atoms with Crippen molar-refractivity contribution < 1.29 is 14.3 Å². The van der Waals surface area contributed by atoms with Gasteiger partial charge in [-0.15, -0.1) is 0 Å². The highest BCUT2D eigenvalue weighted by Gasteiger charge is 2.20. The van der Waals surface area contributed by atoms with E-state index in [1.54, 1.807) is 24.3 Å². The van der Waals surface area contributed by atoms with Crippen molar-refractivity contribution in [3.8, 4) is 0 Å². The van der Waals surface area contributed by atoms with E-state index in [1.807, 2.05) is 6.07 Å². The van der Waals surface area contributed by atoms with Crippen LogP contribution < -0.4 is 10.6 Å². The lowest BCUT2D eigenvalue weighted by Gasteiger charge is -2.14. The maximum atomic E-state index is 12.6. The molecule has 0 aromatic heterocycles. The van der Waals surface area contributed by atoms with Gasteiger partial charge in [0.05, 0.1) is 27.9 Å². The van der Waals surface area contributed by atoms with Crippen LogP contribution in [0, 0.1) is 3.57 Å². The van der Waals surface area contributed by atoms with E-state index < -0.39 is 5.91 Å². The van der Waals surface area contributed by atoms with Gasteiger partial charge in [-0.25, -0.2) is 0 Å². The van der Waals surface area contributed by atoms with Gasteiger partial charge in [-0.05, 0) is 71.8 Å². The van der Waals surface area contributed by atoms with Gasteiger partial charge in [0, 0.05) is 21.7 Å². The third-order valence-corrected chi connectivity index (χ3v) is 5.38. The van der Waals surface area contributed by atoms with Crippen molar-refractivity contribution in [3.05, 3.63) is 61.1 Å². The summed E-state index contributed by atoms with van der Waals surface area (Å²) in [7, 11) is 0. The summed E-state index contributed by atoms with van der Waals surface area (Å²) >= 11 is 14.1. The fraction of sp³-hybridized carbons (Fsp3) is 0.263. The Bertz CT molecular complexity index is 870. The summed E-state index contributed by atoms with van der Waals surface area (Å²) in [6, 6.07) is 9.88. The third kappa shape index (κ3) is 5.34. The average Bonchev–Trinajstić information content (AvgIpc) is 3.14. The number of halogens is 3. The zero-order chi connectivity index (χ0) is 19.4. The largest absolute Gasteiger partial charge is 0.376 e. The van der Waals surface area contributed by atoms with Crippen molar-refractivity contribution in [2.24, 2.45) is 0 Å². The molecule has 1 aliphatic rings. The molecule has 3 rings (SSSR count). The Balaban J connectivity index is 1.76. The smallest absolute Gasteiger partial charge is 0.257 e. The van der Waals surface area contributed by atoms with Crippen LogP contribution >= 0.6 is 45.8 Å². The zero-order valence-corrected chi connectivity index (χ0v) is 17.9. The van der Waals surface area contributed by atoms with Gasteiger partial charge in [0.25, 0.3) is 11.8 Å². The highest BCUT2D eigenvalue weighted by molar-refractivity contribution is 14.1. The molecule has 142 valence electrons. The van der Waals surface area contributed by atoms with Crippen LogP contribution in [0.3, 0.4) is 0 Å². The van der Waals surface area contributed by atoms with Crippen molar-refractivity contribution in [2.45, 2.75) is 18.9 Å². The van der Waals surface area contributed by atoms with E-state index in [-0.39, 0.29) is 22.6 Å². The number of hydrogen-bond donors (Lipinski definition) is 2. The van der Waals surface area contributed by atoms with Crippen molar-refractivity contribution in [1.29, 1.82) is 0 Å². The number of carbonyl (C=O) groups is 2. The van der Waals surface area contributed by atoms with Gasteiger partial charge in [0.2, 0.25) is 0 Å². The Kier molecular flexibility index (Phi) is 6.97. The van der Waals surface area contributed by atoms with E-state index >= 15 is 0 Å². The second-order valence-corrected chi connectivity index (χ2v) is 8.20. The van der Waals surface area contributed by atoms with Crippen LogP contribution in [0.15, 0.2) is 36.4 Å². The van der Waals surface area contributed by atoms with Gasteiger partial charge < -0.3 is 15.4 Å². The minimum atomic E-state index is -0.411. The number of hydrogen-bond acceptors (Lipinski definition) is 3. The second kappa shape index (κ2) is 9.23. The lowest BCUT2D eigenvalue weighted by Crippen LogP contribution is -2.32. The fourth-order valence-electron chi connectivity index (χ4n) is 2.78. The summed E-state index contributed by atoms with van der Waals surface area (Å²) in [6.07, 6.45) is 1.99. The number of carbonyl (C=O) groups excluding carboxylic acids is 2. The normalized spacial score (nSPS) is 16.2. The lowest BCUT2D eigenvalue weighted by molar-refractivity contribution is 0.0858. The molecule has 0 spiro atoms. The van der Waals surface area contributed by atoms with Crippen molar-refractivity contribution in [2.75, 3.05) is 18.5 Å². The van der Waals surface area contributed by atoms with Gasteiger partial charge >= 0.3 is 0 Å².